The van der Waals surface area contributed by atoms with E-state index >= 15 is 0 Å². The number of anilines is 1. The molecule has 4 N–H and O–H groups in total. The van der Waals surface area contributed by atoms with Crippen LogP contribution in [-0.2, 0) is 0 Å². The maximum Gasteiger partial charge on any atom is 0.356 e. The number of nitrogens with one attached hydrogen (secondary N) is 1. The van der Waals surface area contributed by atoms with Gasteiger partial charge in [0.2, 0.25) is 0 Å². The molecule has 1 heterocycles. The lowest BCUT2D eigenvalue weighted by molar-refractivity contribution is 0.0690. The molecule has 1 aromatic heterocycles. The van der Waals surface area contributed by atoms with Crippen molar-refractivity contribution >= 4 is 11.8 Å². The van der Waals surface area contributed by atoms with E-state index in [9.17, 15) is 4.79 Å². The molecule has 0 bridgehead atoms. The molecule has 0 aliphatic heterocycles. The van der Waals surface area contributed by atoms with Crippen molar-refractivity contribution in [2.24, 2.45) is 5.73 Å². The average Bonchev–Trinajstić information content (AvgIpc) is 2.19. The quantitative estimate of drug-likeness (QED) is 0.570. The summed E-state index contributed by atoms with van der Waals surface area (Å²) in [6, 6.07) is 0. The maximum atomic E-state index is 10.5. The second kappa shape index (κ2) is 5.13. The van der Waals surface area contributed by atoms with Crippen LogP contribution in [0.3, 0.4) is 0 Å². The minimum Gasteiger partial charge on any atom is -0.476 e. The van der Waals surface area contributed by atoms with E-state index in [0.29, 0.717) is 18.9 Å². The molecule has 0 radical (unpaired) electrons. The molecule has 76 valence electrons. The van der Waals surface area contributed by atoms with Crippen LogP contribution in [0.25, 0.3) is 0 Å². The highest BCUT2D eigenvalue weighted by Crippen LogP contribution is 2.01. The Labute approximate surface area is 81.2 Å². The number of hydrogen-bond acceptors (Lipinski definition) is 5. The smallest absolute Gasteiger partial charge is 0.356 e. The monoisotopic (exact) mass is 196 g/mol. The van der Waals surface area contributed by atoms with Crippen molar-refractivity contribution in [3.63, 3.8) is 0 Å². The topological polar surface area (TPSA) is 101 Å². The van der Waals surface area contributed by atoms with Gasteiger partial charge in [-0.1, -0.05) is 0 Å². The highest BCUT2D eigenvalue weighted by molar-refractivity contribution is 5.85. The number of nitrogens with zero attached hydrogens (tertiary/aromatic N) is 2. The highest BCUT2D eigenvalue weighted by atomic mass is 16.4. The number of aromatic carboxylic acids is 1. The van der Waals surface area contributed by atoms with Crippen molar-refractivity contribution in [1.82, 2.24) is 9.97 Å². The molecule has 14 heavy (non-hydrogen) atoms. The van der Waals surface area contributed by atoms with E-state index in [-0.39, 0.29) is 5.69 Å². The summed E-state index contributed by atoms with van der Waals surface area (Å²) in [5, 5.41) is 11.6. The van der Waals surface area contributed by atoms with Crippen LogP contribution in [0.5, 0.6) is 0 Å². The van der Waals surface area contributed by atoms with E-state index in [1.807, 2.05) is 0 Å². The molecule has 0 amide bonds. The molecule has 0 saturated heterocycles. The fraction of sp³-hybridized carbons (Fsp3) is 0.375. The molecule has 0 atom stereocenters. The van der Waals surface area contributed by atoms with E-state index in [1.165, 1.54) is 12.4 Å². The molecule has 1 aromatic rings. The lowest BCUT2D eigenvalue weighted by atomic mass is 10.4. The summed E-state index contributed by atoms with van der Waals surface area (Å²) in [5.41, 5.74) is 5.23. The lowest BCUT2D eigenvalue weighted by Gasteiger charge is -2.03. The molecule has 6 heteroatoms. The van der Waals surface area contributed by atoms with Gasteiger partial charge in [-0.15, -0.1) is 0 Å². The van der Waals surface area contributed by atoms with Gasteiger partial charge in [-0.2, -0.15) is 0 Å². The van der Waals surface area contributed by atoms with Crippen molar-refractivity contribution in [3.8, 4) is 0 Å². The van der Waals surface area contributed by atoms with Crippen LogP contribution in [0.4, 0.5) is 5.82 Å². The predicted octanol–water partition coefficient (Wildman–Crippen LogP) is -0.0645. The number of nitrogens with two attached hydrogens (primary N) is 1. The van der Waals surface area contributed by atoms with Gasteiger partial charge in [0.05, 0.1) is 12.4 Å². The molecular formula is C8H12N4O2. The van der Waals surface area contributed by atoms with Gasteiger partial charge in [0.15, 0.2) is 5.69 Å². The van der Waals surface area contributed by atoms with Gasteiger partial charge in [0.25, 0.3) is 0 Å². The van der Waals surface area contributed by atoms with Crippen LogP contribution in [0.1, 0.15) is 16.9 Å². The average molecular weight is 196 g/mol. The Morgan fingerprint density at radius 1 is 1.57 bits per heavy atom. The third-order valence-electron chi connectivity index (χ3n) is 1.54. The van der Waals surface area contributed by atoms with Gasteiger partial charge in [0, 0.05) is 6.54 Å². The summed E-state index contributed by atoms with van der Waals surface area (Å²) in [6.45, 7) is 1.24. The molecule has 0 unspecified atom stereocenters. The van der Waals surface area contributed by atoms with Crippen LogP contribution in [-0.4, -0.2) is 34.1 Å². The summed E-state index contributed by atoms with van der Waals surface area (Å²) < 4.78 is 0. The number of aromatic nitrogens is 2. The van der Waals surface area contributed by atoms with Crippen LogP contribution < -0.4 is 11.1 Å². The molecular weight excluding hydrogens is 184 g/mol. The number of rotatable bonds is 5. The Morgan fingerprint density at radius 2 is 2.36 bits per heavy atom. The fourth-order valence-electron chi connectivity index (χ4n) is 0.873. The summed E-state index contributed by atoms with van der Waals surface area (Å²) in [4.78, 5) is 18.1. The Balaban J connectivity index is 2.59. The van der Waals surface area contributed by atoms with Crippen molar-refractivity contribution in [2.75, 3.05) is 18.4 Å². The van der Waals surface area contributed by atoms with Crippen molar-refractivity contribution < 1.29 is 9.90 Å². The maximum absolute atomic E-state index is 10.5. The van der Waals surface area contributed by atoms with Gasteiger partial charge in [-0.3, -0.25) is 4.98 Å². The third kappa shape index (κ3) is 2.98. The van der Waals surface area contributed by atoms with Crippen LogP contribution >= 0.6 is 0 Å². The van der Waals surface area contributed by atoms with E-state index in [1.54, 1.807) is 0 Å². The van der Waals surface area contributed by atoms with E-state index < -0.39 is 5.97 Å². The Morgan fingerprint density at radius 3 is 3.00 bits per heavy atom. The summed E-state index contributed by atoms with van der Waals surface area (Å²) in [6.07, 6.45) is 3.48. The molecule has 0 saturated carbocycles. The van der Waals surface area contributed by atoms with Gasteiger partial charge >= 0.3 is 5.97 Å². The standard InChI is InChI=1S/C8H12N4O2/c9-2-1-3-11-7-5-10-4-6(12-7)8(13)14/h4-5H,1-3,9H2,(H,11,12)(H,13,14). The minimum atomic E-state index is -1.08. The molecule has 0 fully saturated rings. The summed E-state index contributed by atoms with van der Waals surface area (Å²) in [5.74, 6) is -0.627. The molecule has 0 aromatic carbocycles. The van der Waals surface area contributed by atoms with Gasteiger partial charge in [0.1, 0.15) is 5.82 Å². The fourth-order valence-corrected chi connectivity index (χ4v) is 0.873. The van der Waals surface area contributed by atoms with Gasteiger partial charge in [-0.25, -0.2) is 9.78 Å². The predicted molar refractivity (Wildman–Crippen MR) is 51.2 cm³/mol. The SMILES string of the molecule is NCCCNc1cncc(C(=O)O)n1. The van der Waals surface area contributed by atoms with Crippen LogP contribution in [0, 0.1) is 0 Å². The summed E-state index contributed by atoms with van der Waals surface area (Å²) >= 11 is 0. The first-order chi connectivity index (χ1) is 6.74. The molecule has 6 nitrogen and oxygen atoms in total. The molecule has 0 spiro atoms. The number of carbonyl (C=O) groups is 1. The Hall–Kier alpha value is -1.69. The second-order valence-corrected chi connectivity index (χ2v) is 2.66. The van der Waals surface area contributed by atoms with Crippen LogP contribution in [0.2, 0.25) is 0 Å². The van der Waals surface area contributed by atoms with Crippen molar-refractivity contribution in [1.29, 1.82) is 0 Å². The second-order valence-electron chi connectivity index (χ2n) is 2.66. The van der Waals surface area contributed by atoms with Gasteiger partial charge in [-0.05, 0) is 13.0 Å². The lowest BCUT2D eigenvalue weighted by Crippen LogP contribution is -2.11. The zero-order valence-electron chi connectivity index (χ0n) is 7.60. The first kappa shape index (κ1) is 10.4. The zero-order valence-corrected chi connectivity index (χ0v) is 7.60. The van der Waals surface area contributed by atoms with Crippen LogP contribution in [0.15, 0.2) is 12.4 Å². The largest absolute Gasteiger partial charge is 0.476 e. The normalized spacial score (nSPS) is 9.79. The Kier molecular flexibility index (Phi) is 3.81. The molecule has 0 aliphatic carbocycles. The summed E-state index contributed by atoms with van der Waals surface area (Å²) in [7, 11) is 0. The van der Waals surface area contributed by atoms with E-state index in [4.69, 9.17) is 10.8 Å². The minimum absolute atomic E-state index is 0.0669. The van der Waals surface area contributed by atoms with E-state index in [2.05, 4.69) is 15.3 Å². The third-order valence-corrected chi connectivity index (χ3v) is 1.54. The number of carboxylic acid groups (broad SMARTS) is 1. The zero-order chi connectivity index (χ0) is 10.4. The van der Waals surface area contributed by atoms with E-state index in [0.717, 1.165) is 6.42 Å². The first-order valence-corrected chi connectivity index (χ1v) is 4.23. The van der Waals surface area contributed by atoms with Crippen molar-refractivity contribution in [3.05, 3.63) is 18.1 Å². The highest BCUT2D eigenvalue weighted by Gasteiger charge is 2.05. The number of hydrogen-bond donors (Lipinski definition) is 3. The molecule has 0 aliphatic rings. The number of carboxylic acids is 1. The Bertz CT molecular complexity index is 316. The van der Waals surface area contributed by atoms with Crippen molar-refractivity contribution in [2.45, 2.75) is 6.42 Å². The van der Waals surface area contributed by atoms with Gasteiger partial charge < -0.3 is 16.2 Å². The first-order valence-electron chi connectivity index (χ1n) is 4.23. The molecule has 1 rings (SSSR count).